The Balaban J connectivity index is 2.30. The minimum Gasteiger partial charge on any atom is -0.494 e. The van der Waals surface area contributed by atoms with E-state index >= 15 is 0 Å². The van der Waals surface area contributed by atoms with Crippen molar-refractivity contribution in [2.45, 2.75) is 47.1 Å². The number of hydrogen-bond donors (Lipinski definition) is 2. The van der Waals surface area contributed by atoms with E-state index in [9.17, 15) is 9.59 Å². The van der Waals surface area contributed by atoms with E-state index in [2.05, 4.69) is 18.3 Å². The topological polar surface area (TPSA) is 63.1 Å². The van der Waals surface area contributed by atoms with Gasteiger partial charge in [-0.2, -0.15) is 0 Å². The summed E-state index contributed by atoms with van der Waals surface area (Å²) in [7, 11) is 0. The molecule has 2 amide bonds. The molecular formula is C22H34N3O3+. The highest BCUT2D eigenvalue weighted by Crippen LogP contribution is 2.40. The minimum atomic E-state index is -0.439. The van der Waals surface area contributed by atoms with E-state index in [1.807, 2.05) is 57.7 Å². The third-order valence-electron chi connectivity index (χ3n) is 5.03. The molecule has 0 aliphatic carbocycles. The first-order valence-corrected chi connectivity index (χ1v) is 10.1. The van der Waals surface area contributed by atoms with Gasteiger partial charge in [-0.3, -0.25) is 14.5 Å². The Labute approximate surface area is 168 Å². The number of nitrogens with zero attached hydrogens (tertiary/aromatic N) is 1. The van der Waals surface area contributed by atoms with Crippen molar-refractivity contribution in [2.24, 2.45) is 0 Å². The molecule has 2 rings (SSSR count). The molecule has 28 heavy (non-hydrogen) atoms. The fourth-order valence-corrected chi connectivity index (χ4v) is 3.81. The van der Waals surface area contributed by atoms with Gasteiger partial charge in [0.1, 0.15) is 5.75 Å². The van der Waals surface area contributed by atoms with Crippen molar-refractivity contribution in [1.29, 1.82) is 0 Å². The summed E-state index contributed by atoms with van der Waals surface area (Å²) in [5.74, 6) is 0.793. The van der Waals surface area contributed by atoms with Crippen LogP contribution in [-0.4, -0.2) is 50.1 Å². The molecule has 0 bridgehead atoms. The second-order valence-corrected chi connectivity index (χ2v) is 7.73. The third-order valence-corrected chi connectivity index (χ3v) is 5.03. The molecule has 1 aliphatic heterocycles. The Morgan fingerprint density at radius 2 is 1.89 bits per heavy atom. The summed E-state index contributed by atoms with van der Waals surface area (Å²) >= 11 is 0. The van der Waals surface area contributed by atoms with Crippen molar-refractivity contribution >= 4 is 23.1 Å². The van der Waals surface area contributed by atoms with Crippen LogP contribution in [0.5, 0.6) is 5.75 Å². The molecule has 0 spiro atoms. The maximum absolute atomic E-state index is 13.3. The molecule has 0 aromatic heterocycles. The van der Waals surface area contributed by atoms with Gasteiger partial charge in [-0.15, -0.1) is 0 Å². The van der Waals surface area contributed by atoms with Gasteiger partial charge in [0, 0.05) is 12.1 Å². The molecule has 0 fully saturated rings. The summed E-state index contributed by atoms with van der Waals surface area (Å²) in [6.07, 6.45) is 2.12. The first-order chi connectivity index (χ1) is 13.2. The van der Waals surface area contributed by atoms with E-state index in [0.29, 0.717) is 26.2 Å². The molecule has 6 heteroatoms. The van der Waals surface area contributed by atoms with Crippen LogP contribution < -0.4 is 19.9 Å². The van der Waals surface area contributed by atoms with Crippen molar-refractivity contribution < 1.29 is 19.2 Å². The molecule has 0 saturated carbocycles. The van der Waals surface area contributed by atoms with Crippen LogP contribution in [0.2, 0.25) is 0 Å². The maximum Gasteiger partial charge on any atom is 0.282 e. The first kappa shape index (κ1) is 22.0. The molecule has 1 unspecified atom stereocenters. The van der Waals surface area contributed by atoms with Crippen molar-refractivity contribution in [3.63, 3.8) is 0 Å². The highest BCUT2D eigenvalue weighted by molar-refractivity contribution is 6.01. The second kappa shape index (κ2) is 9.24. The molecule has 1 heterocycles. The Bertz CT molecular complexity index is 755. The van der Waals surface area contributed by atoms with Gasteiger partial charge in [-0.05, 0) is 65.3 Å². The van der Waals surface area contributed by atoms with Gasteiger partial charge in [0.05, 0.1) is 24.4 Å². The highest BCUT2D eigenvalue weighted by Gasteiger charge is 2.37. The van der Waals surface area contributed by atoms with E-state index in [0.717, 1.165) is 27.5 Å². The fraction of sp³-hybridized carbons (Fsp3) is 0.545. The Kier molecular flexibility index (Phi) is 7.24. The van der Waals surface area contributed by atoms with Crippen molar-refractivity contribution in [2.75, 3.05) is 37.7 Å². The fourth-order valence-electron chi connectivity index (χ4n) is 3.81. The quantitative estimate of drug-likeness (QED) is 0.712. The molecule has 154 valence electrons. The standard InChI is InChI=1S/C22H33N3O3/c1-7-23-20(26)14-24(8-2)15-21(27)25-19-11-10-17(28-9-3)12-18(19)16(4)13-22(25,5)6/h10-13H,7-9,14-15H2,1-6H3,(H,23,26)/p+1. The van der Waals surface area contributed by atoms with Crippen LogP contribution in [-0.2, 0) is 9.59 Å². The van der Waals surface area contributed by atoms with Crippen LogP contribution in [0.4, 0.5) is 5.69 Å². The smallest absolute Gasteiger partial charge is 0.282 e. The van der Waals surface area contributed by atoms with Gasteiger partial charge in [-0.1, -0.05) is 6.08 Å². The molecule has 1 aliphatic rings. The zero-order valence-corrected chi connectivity index (χ0v) is 18.0. The number of carbonyl (C=O) groups excluding carboxylic acids is 2. The Hall–Kier alpha value is -2.34. The summed E-state index contributed by atoms with van der Waals surface area (Å²) < 4.78 is 5.64. The molecule has 2 N–H and O–H groups in total. The predicted molar refractivity (Wildman–Crippen MR) is 113 cm³/mol. The van der Waals surface area contributed by atoms with E-state index in [4.69, 9.17) is 4.74 Å². The van der Waals surface area contributed by atoms with E-state index in [1.165, 1.54) is 0 Å². The third kappa shape index (κ3) is 4.93. The number of anilines is 1. The van der Waals surface area contributed by atoms with Crippen molar-refractivity contribution in [1.82, 2.24) is 5.32 Å². The van der Waals surface area contributed by atoms with Crippen LogP contribution in [0, 0.1) is 0 Å². The lowest BCUT2D eigenvalue weighted by atomic mass is 9.88. The van der Waals surface area contributed by atoms with E-state index < -0.39 is 5.54 Å². The number of ether oxygens (including phenoxy) is 1. The molecule has 1 atom stereocenters. The Morgan fingerprint density at radius 1 is 1.18 bits per heavy atom. The SMILES string of the molecule is CCNC(=O)C[NH+](CC)CC(=O)N1c2ccc(OCC)cc2C(C)=CC1(C)C. The summed E-state index contributed by atoms with van der Waals surface area (Å²) in [6.45, 7) is 14.5. The number of quaternary nitrogens is 1. The van der Waals surface area contributed by atoms with E-state index in [1.54, 1.807) is 0 Å². The first-order valence-electron chi connectivity index (χ1n) is 10.1. The number of amides is 2. The summed E-state index contributed by atoms with van der Waals surface area (Å²) in [5.41, 5.74) is 2.60. The lowest BCUT2D eigenvalue weighted by Crippen LogP contribution is -3.14. The van der Waals surface area contributed by atoms with Gasteiger partial charge in [-0.25, -0.2) is 0 Å². The molecule has 0 saturated heterocycles. The highest BCUT2D eigenvalue weighted by atomic mass is 16.5. The zero-order valence-electron chi connectivity index (χ0n) is 18.0. The Morgan fingerprint density at radius 3 is 2.50 bits per heavy atom. The predicted octanol–water partition coefficient (Wildman–Crippen LogP) is 1.65. The van der Waals surface area contributed by atoms with Crippen LogP contribution in [0.25, 0.3) is 5.57 Å². The summed E-state index contributed by atoms with van der Waals surface area (Å²) in [6, 6.07) is 5.88. The number of likely N-dealkylation sites (N-methyl/N-ethyl adjacent to an activating group) is 2. The van der Waals surface area contributed by atoms with Gasteiger partial charge >= 0.3 is 0 Å². The minimum absolute atomic E-state index is 0.0142. The number of nitrogens with one attached hydrogen (secondary N) is 2. The summed E-state index contributed by atoms with van der Waals surface area (Å²) in [4.78, 5) is 28.1. The summed E-state index contributed by atoms with van der Waals surface area (Å²) in [5, 5.41) is 2.81. The van der Waals surface area contributed by atoms with Gasteiger partial charge in [0.15, 0.2) is 13.1 Å². The number of hydrogen-bond acceptors (Lipinski definition) is 3. The number of fused-ring (bicyclic) bond motifs is 1. The molecule has 6 nitrogen and oxygen atoms in total. The van der Waals surface area contributed by atoms with Crippen LogP contribution in [0.3, 0.4) is 0 Å². The van der Waals surface area contributed by atoms with Gasteiger partial charge < -0.3 is 15.0 Å². The van der Waals surface area contributed by atoms with Gasteiger partial charge in [0.25, 0.3) is 11.8 Å². The largest absolute Gasteiger partial charge is 0.494 e. The van der Waals surface area contributed by atoms with Crippen molar-refractivity contribution in [3.8, 4) is 5.75 Å². The van der Waals surface area contributed by atoms with Crippen LogP contribution in [0.15, 0.2) is 24.3 Å². The monoisotopic (exact) mass is 388 g/mol. The number of allylic oxidation sites excluding steroid dienone is 1. The number of benzene rings is 1. The average molecular weight is 389 g/mol. The van der Waals surface area contributed by atoms with E-state index in [-0.39, 0.29) is 18.4 Å². The van der Waals surface area contributed by atoms with Crippen LogP contribution >= 0.6 is 0 Å². The van der Waals surface area contributed by atoms with Gasteiger partial charge in [0.2, 0.25) is 0 Å². The number of carbonyl (C=O) groups is 2. The molecule has 1 aromatic rings. The number of rotatable bonds is 8. The van der Waals surface area contributed by atoms with Crippen LogP contribution in [0.1, 0.15) is 47.1 Å². The second-order valence-electron chi connectivity index (χ2n) is 7.73. The normalized spacial score (nSPS) is 16.1. The lowest BCUT2D eigenvalue weighted by Gasteiger charge is -2.41. The van der Waals surface area contributed by atoms with Crippen molar-refractivity contribution in [3.05, 3.63) is 29.8 Å². The molecule has 1 aromatic carbocycles. The molecule has 0 radical (unpaired) electrons. The zero-order chi connectivity index (χ0) is 20.9. The maximum atomic E-state index is 13.3. The average Bonchev–Trinajstić information content (AvgIpc) is 2.61. The lowest BCUT2D eigenvalue weighted by molar-refractivity contribution is -0.881. The molecular weight excluding hydrogens is 354 g/mol.